The van der Waals surface area contributed by atoms with Crippen molar-refractivity contribution in [2.24, 2.45) is 5.92 Å². The van der Waals surface area contributed by atoms with Crippen LogP contribution >= 0.6 is 11.6 Å². The Kier molecular flexibility index (Phi) is 4.84. The first-order chi connectivity index (χ1) is 10.6. The van der Waals surface area contributed by atoms with E-state index in [1.807, 2.05) is 17.0 Å². The van der Waals surface area contributed by atoms with Crippen LogP contribution in [0.1, 0.15) is 19.8 Å². The van der Waals surface area contributed by atoms with Crippen LogP contribution in [-0.4, -0.2) is 54.7 Å². The predicted molar refractivity (Wildman–Crippen MR) is 86.2 cm³/mol. The molecular formula is C16H22ClN3O2. The van der Waals surface area contributed by atoms with Crippen LogP contribution in [0.3, 0.4) is 0 Å². The predicted octanol–water partition coefficient (Wildman–Crippen LogP) is 2.20. The Balaban J connectivity index is 1.57. The number of carbonyl (C=O) groups excluding carboxylic acids is 1. The highest BCUT2D eigenvalue weighted by molar-refractivity contribution is 6.30. The molecule has 2 aliphatic heterocycles. The van der Waals surface area contributed by atoms with Gasteiger partial charge in [-0.15, -0.1) is 0 Å². The van der Waals surface area contributed by atoms with Crippen molar-refractivity contribution < 1.29 is 9.53 Å². The minimum absolute atomic E-state index is 0.129. The third-order valence-electron chi connectivity index (χ3n) is 4.53. The van der Waals surface area contributed by atoms with Gasteiger partial charge < -0.3 is 14.5 Å². The zero-order valence-corrected chi connectivity index (χ0v) is 13.6. The molecule has 1 atom stereocenters. The molecular weight excluding hydrogens is 302 g/mol. The normalized spacial score (nSPS) is 23.6. The molecule has 1 amide bonds. The zero-order chi connectivity index (χ0) is 15.5. The first kappa shape index (κ1) is 15.6. The van der Waals surface area contributed by atoms with E-state index in [1.165, 1.54) is 0 Å². The molecule has 22 heavy (non-hydrogen) atoms. The first-order valence-corrected chi connectivity index (χ1v) is 8.27. The highest BCUT2D eigenvalue weighted by Gasteiger charge is 2.32. The summed E-state index contributed by atoms with van der Waals surface area (Å²) in [4.78, 5) is 21.2. The van der Waals surface area contributed by atoms with E-state index >= 15 is 0 Å². The van der Waals surface area contributed by atoms with E-state index in [-0.39, 0.29) is 12.0 Å². The average molecular weight is 324 g/mol. The fraction of sp³-hybridized carbons (Fsp3) is 0.625. The molecule has 0 aliphatic carbocycles. The number of aromatic nitrogens is 1. The van der Waals surface area contributed by atoms with Crippen LogP contribution in [0.15, 0.2) is 18.3 Å². The topological polar surface area (TPSA) is 45.7 Å². The number of rotatable bonds is 2. The number of carbonyl (C=O) groups is 1. The smallest absolute Gasteiger partial charge is 0.226 e. The highest BCUT2D eigenvalue weighted by Crippen LogP contribution is 2.25. The minimum atomic E-state index is 0.129. The van der Waals surface area contributed by atoms with E-state index in [0.717, 1.165) is 38.3 Å². The molecule has 3 rings (SSSR count). The number of hydrogen-bond donors (Lipinski definition) is 0. The van der Waals surface area contributed by atoms with Crippen molar-refractivity contribution in [1.82, 2.24) is 9.88 Å². The zero-order valence-electron chi connectivity index (χ0n) is 12.9. The van der Waals surface area contributed by atoms with Crippen LogP contribution in [0.5, 0.6) is 0 Å². The number of nitrogens with zero attached hydrogens (tertiary/aromatic N) is 3. The summed E-state index contributed by atoms with van der Waals surface area (Å²) >= 11 is 5.87. The summed E-state index contributed by atoms with van der Waals surface area (Å²) in [6.45, 7) is 5.82. The molecule has 0 radical (unpaired) electrons. The summed E-state index contributed by atoms with van der Waals surface area (Å²) in [5, 5.41) is 0.648. The minimum Gasteiger partial charge on any atom is -0.377 e. The number of hydrogen-bond acceptors (Lipinski definition) is 4. The van der Waals surface area contributed by atoms with Gasteiger partial charge in [0.05, 0.1) is 24.3 Å². The molecule has 0 saturated carbocycles. The number of halogens is 1. The summed E-state index contributed by atoms with van der Waals surface area (Å²) in [7, 11) is 0. The second-order valence-corrected chi connectivity index (χ2v) is 6.49. The highest BCUT2D eigenvalue weighted by atomic mass is 35.5. The Morgan fingerprint density at radius 3 is 2.73 bits per heavy atom. The van der Waals surface area contributed by atoms with E-state index < -0.39 is 0 Å². The molecule has 0 N–H and O–H groups in total. The molecule has 5 nitrogen and oxygen atoms in total. The van der Waals surface area contributed by atoms with Crippen LogP contribution in [0.25, 0.3) is 0 Å². The largest absolute Gasteiger partial charge is 0.377 e. The molecule has 120 valence electrons. The molecule has 2 saturated heterocycles. The maximum absolute atomic E-state index is 12.7. The number of morpholine rings is 1. The molecule has 0 bridgehead atoms. The molecule has 1 aromatic rings. The fourth-order valence-electron chi connectivity index (χ4n) is 3.20. The maximum Gasteiger partial charge on any atom is 0.226 e. The molecule has 0 aromatic carbocycles. The van der Waals surface area contributed by atoms with E-state index in [2.05, 4.69) is 16.8 Å². The number of anilines is 1. The van der Waals surface area contributed by atoms with Gasteiger partial charge in [0, 0.05) is 31.7 Å². The van der Waals surface area contributed by atoms with Crippen molar-refractivity contribution >= 4 is 23.3 Å². The second-order valence-electron chi connectivity index (χ2n) is 6.05. The van der Waals surface area contributed by atoms with Crippen LogP contribution in [0, 0.1) is 5.92 Å². The standard InChI is InChI=1S/C16H22ClN3O2/c1-12-11-22-9-8-20(12)16(21)13-4-6-19(7-5-13)15-3-2-14(17)10-18-15/h2-3,10,12-13H,4-9,11H2,1H3. The lowest BCUT2D eigenvalue weighted by Gasteiger charge is -2.38. The Morgan fingerprint density at radius 2 is 2.09 bits per heavy atom. The monoisotopic (exact) mass is 323 g/mol. The summed E-state index contributed by atoms with van der Waals surface area (Å²) in [6.07, 6.45) is 3.43. The number of ether oxygens (including phenoxy) is 1. The van der Waals surface area contributed by atoms with Gasteiger partial charge in [0.25, 0.3) is 0 Å². The van der Waals surface area contributed by atoms with Gasteiger partial charge in [0.2, 0.25) is 5.91 Å². The third-order valence-corrected chi connectivity index (χ3v) is 4.75. The number of pyridine rings is 1. The van der Waals surface area contributed by atoms with E-state index in [9.17, 15) is 4.79 Å². The van der Waals surface area contributed by atoms with E-state index in [0.29, 0.717) is 24.1 Å². The van der Waals surface area contributed by atoms with Gasteiger partial charge in [-0.3, -0.25) is 4.79 Å². The van der Waals surface area contributed by atoms with Crippen molar-refractivity contribution in [2.45, 2.75) is 25.8 Å². The Bertz CT molecular complexity index is 515. The molecule has 6 heteroatoms. The van der Waals surface area contributed by atoms with Gasteiger partial charge in [0.15, 0.2) is 0 Å². The summed E-state index contributed by atoms with van der Waals surface area (Å²) in [5.74, 6) is 1.36. The van der Waals surface area contributed by atoms with Crippen molar-refractivity contribution in [2.75, 3.05) is 37.7 Å². The summed E-state index contributed by atoms with van der Waals surface area (Å²) in [6, 6.07) is 3.99. The summed E-state index contributed by atoms with van der Waals surface area (Å²) < 4.78 is 5.41. The van der Waals surface area contributed by atoms with Crippen LogP contribution in [0.2, 0.25) is 5.02 Å². The lowest BCUT2D eigenvalue weighted by Crippen LogP contribution is -2.51. The Morgan fingerprint density at radius 1 is 1.32 bits per heavy atom. The van der Waals surface area contributed by atoms with Gasteiger partial charge in [-0.2, -0.15) is 0 Å². The van der Waals surface area contributed by atoms with Crippen molar-refractivity contribution in [3.05, 3.63) is 23.4 Å². The molecule has 0 spiro atoms. The quantitative estimate of drug-likeness (QED) is 0.837. The van der Waals surface area contributed by atoms with Gasteiger partial charge in [-0.1, -0.05) is 11.6 Å². The molecule has 1 aromatic heterocycles. The van der Waals surface area contributed by atoms with Crippen LogP contribution in [0.4, 0.5) is 5.82 Å². The fourth-order valence-corrected chi connectivity index (χ4v) is 3.31. The second kappa shape index (κ2) is 6.84. The van der Waals surface area contributed by atoms with Gasteiger partial charge in [0.1, 0.15) is 5.82 Å². The SMILES string of the molecule is CC1COCCN1C(=O)C1CCN(c2ccc(Cl)cn2)CC1. The maximum atomic E-state index is 12.7. The van der Waals surface area contributed by atoms with Crippen molar-refractivity contribution in [3.63, 3.8) is 0 Å². The lowest BCUT2D eigenvalue weighted by molar-refractivity contribution is -0.144. The van der Waals surface area contributed by atoms with Crippen LogP contribution in [-0.2, 0) is 9.53 Å². The average Bonchev–Trinajstić information content (AvgIpc) is 2.56. The van der Waals surface area contributed by atoms with Gasteiger partial charge in [-0.25, -0.2) is 4.98 Å². The summed E-state index contributed by atoms with van der Waals surface area (Å²) in [5.41, 5.74) is 0. The van der Waals surface area contributed by atoms with Crippen molar-refractivity contribution in [3.8, 4) is 0 Å². The van der Waals surface area contributed by atoms with Crippen molar-refractivity contribution in [1.29, 1.82) is 0 Å². The van der Waals surface area contributed by atoms with Gasteiger partial charge >= 0.3 is 0 Å². The molecule has 1 unspecified atom stereocenters. The number of amides is 1. The van der Waals surface area contributed by atoms with Gasteiger partial charge in [-0.05, 0) is 31.9 Å². The molecule has 2 fully saturated rings. The first-order valence-electron chi connectivity index (χ1n) is 7.90. The van der Waals surface area contributed by atoms with E-state index in [1.54, 1.807) is 6.20 Å². The Hall–Kier alpha value is -1.33. The van der Waals surface area contributed by atoms with E-state index in [4.69, 9.17) is 16.3 Å². The number of piperidine rings is 1. The molecule has 3 heterocycles. The third kappa shape index (κ3) is 3.36. The molecule has 2 aliphatic rings. The Labute approximate surface area is 136 Å². The lowest BCUT2D eigenvalue weighted by atomic mass is 9.94. The van der Waals surface area contributed by atoms with Crippen LogP contribution < -0.4 is 4.90 Å².